The monoisotopic (exact) mass is 442 g/mol. The lowest BCUT2D eigenvalue weighted by Gasteiger charge is -2.20. The van der Waals surface area contributed by atoms with E-state index in [9.17, 15) is 9.59 Å². The number of nitrogens with zero attached hydrogens (tertiary/aromatic N) is 3. The zero-order valence-electron chi connectivity index (χ0n) is 19.1. The quantitative estimate of drug-likeness (QED) is 0.429. The van der Waals surface area contributed by atoms with Gasteiger partial charge in [0.2, 0.25) is 0 Å². The minimum absolute atomic E-state index is 0.378. The molecule has 0 aliphatic rings. The van der Waals surface area contributed by atoms with Gasteiger partial charge in [-0.15, -0.1) is 0 Å². The number of fused-ring (bicyclic) bond motifs is 1. The molecule has 0 saturated heterocycles. The molecule has 7 nitrogen and oxygen atoms in total. The Labute approximate surface area is 192 Å². The molecular formula is C26H26N4O3. The van der Waals surface area contributed by atoms with Crippen LogP contribution in [-0.2, 0) is 11.3 Å². The van der Waals surface area contributed by atoms with Crippen molar-refractivity contribution in [3.05, 3.63) is 77.7 Å². The highest BCUT2D eigenvalue weighted by Crippen LogP contribution is 2.29. The SMILES string of the molecule is Cc1cc(-c2ncnn3cc(-c4cccc(C=O)c4)cc23)ccc1CNC(=O)OC(C)(C)C. The molecule has 0 radical (unpaired) electrons. The van der Waals surface area contributed by atoms with E-state index in [1.54, 1.807) is 10.6 Å². The van der Waals surface area contributed by atoms with Crippen molar-refractivity contribution in [1.29, 1.82) is 0 Å². The maximum absolute atomic E-state index is 12.0. The molecule has 4 rings (SSSR count). The fourth-order valence-electron chi connectivity index (χ4n) is 3.62. The molecule has 0 unspecified atom stereocenters. The van der Waals surface area contributed by atoms with Crippen molar-refractivity contribution in [1.82, 2.24) is 19.9 Å². The van der Waals surface area contributed by atoms with Crippen LogP contribution >= 0.6 is 0 Å². The highest BCUT2D eigenvalue weighted by atomic mass is 16.6. The molecule has 168 valence electrons. The number of hydrogen-bond acceptors (Lipinski definition) is 5. The molecule has 0 saturated carbocycles. The van der Waals surface area contributed by atoms with Crippen molar-refractivity contribution in [3.8, 4) is 22.4 Å². The number of hydrogen-bond donors (Lipinski definition) is 1. The largest absolute Gasteiger partial charge is 0.444 e. The minimum Gasteiger partial charge on any atom is -0.444 e. The van der Waals surface area contributed by atoms with E-state index in [4.69, 9.17) is 4.74 Å². The van der Waals surface area contributed by atoms with Crippen LogP contribution in [0.2, 0.25) is 0 Å². The highest BCUT2D eigenvalue weighted by Gasteiger charge is 2.16. The highest BCUT2D eigenvalue weighted by molar-refractivity contribution is 5.84. The van der Waals surface area contributed by atoms with Crippen molar-refractivity contribution < 1.29 is 14.3 Å². The molecule has 0 fully saturated rings. The summed E-state index contributed by atoms with van der Waals surface area (Å²) in [5.41, 5.74) is 6.63. The average Bonchev–Trinajstić information content (AvgIpc) is 3.21. The number of alkyl carbamates (subject to hydrolysis) is 1. The molecule has 7 heteroatoms. The lowest BCUT2D eigenvalue weighted by molar-refractivity contribution is 0.0523. The van der Waals surface area contributed by atoms with Crippen molar-refractivity contribution >= 4 is 17.9 Å². The summed E-state index contributed by atoms with van der Waals surface area (Å²) in [7, 11) is 0. The molecule has 33 heavy (non-hydrogen) atoms. The fraction of sp³-hybridized carbons (Fsp3) is 0.231. The molecule has 1 amide bonds. The normalized spacial score (nSPS) is 11.4. The topological polar surface area (TPSA) is 85.6 Å². The van der Waals surface area contributed by atoms with Crippen LogP contribution in [0.15, 0.2) is 61.1 Å². The number of aryl methyl sites for hydroxylation is 1. The van der Waals surface area contributed by atoms with Crippen LogP contribution in [0.25, 0.3) is 27.9 Å². The average molecular weight is 443 g/mol. The molecule has 0 bridgehead atoms. The van der Waals surface area contributed by atoms with Crippen LogP contribution in [0.1, 0.15) is 42.3 Å². The maximum Gasteiger partial charge on any atom is 0.407 e. The molecular weight excluding hydrogens is 416 g/mol. The van der Waals surface area contributed by atoms with E-state index < -0.39 is 11.7 Å². The standard InChI is InChI=1S/C26H26N4O3/c1-17-10-20(8-9-21(17)13-27-25(32)33-26(2,3)4)24-23-12-22(14-30(23)29-16-28-24)19-7-5-6-18(11-19)15-31/h5-12,14-16H,13H2,1-4H3,(H,27,32). The summed E-state index contributed by atoms with van der Waals surface area (Å²) in [4.78, 5) is 27.6. The van der Waals surface area contributed by atoms with Gasteiger partial charge in [-0.1, -0.05) is 30.3 Å². The zero-order chi connectivity index (χ0) is 23.6. The molecule has 2 heterocycles. The molecule has 0 spiro atoms. The Bertz CT molecular complexity index is 1340. The van der Waals surface area contributed by atoms with Crippen molar-refractivity contribution in [2.75, 3.05) is 0 Å². The van der Waals surface area contributed by atoms with Gasteiger partial charge in [0, 0.05) is 29.4 Å². The number of carbonyl (C=O) groups excluding carboxylic acids is 2. The van der Waals surface area contributed by atoms with Gasteiger partial charge in [-0.2, -0.15) is 5.10 Å². The molecule has 2 aromatic carbocycles. The Morgan fingerprint density at radius 2 is 1.91 bits per heavy atom. The summed E-state index contributed by atoms with van der Waals surface area (Å²) in [5.74, 6) is 0. The van der Waals surface area contributed by atoms with Gasteiger partial charge < -0.3 is 10.1 Å². The predicted octanol–water partition coefficient (Wildman–Crippen LogP) is 5.21. The van der Waals surface area contributed by atoms with Crippen LogP contribution in [0, 0.1) is 6.92 Å². The second kappa shape index (κ2) is 8.86. The number of carbonyl (C=O) groups is 2. The fourth-order valence-corrected chi connectivity index (χ4v) is 3.62. The van der Waals surface area contributed by atoms with Gasteiger partial charge >= 0.3 is 6.09 Å². The van der Waals surface area contributed by atoms with Crippen LogP contribution in [0.5, 0.6) is 0 Å². The summed E-state index contributed by atoms with van der Waals surface area (Å²) in [5, 5.41) is 7.15. The lowest BCUT2D eigenvalue weighted by atomic mass is 10.0. The third-order valence-electron chi connectivity index (χ3n) is 5.20. The van der Waals surface area contributed by atoms with Gasteiger partial charge in [-0.05, 0) is 62.6 Å². The van der Waals surface area contributed by atoms with Crippen LogP contribution < -0.4 is 5.32 Å². The summed E-state index contributed by atoms with van der Waals surface area (Å²) < 4.78 is 7.10. The van der Waals surface area contributed by atoms with E-state index in [0.717, 1.165) is 45.3 Å². The number of rotatable bonds is 5. The lowest BCUT2D eigenvalue weighted by Crippen LogP contribution is -2.32. The Hall–Kier alpha value is -4.00. The van der Waals surface area contributed by atoms with Gasteiger partial charge in [0.05, 0.1) is 11.2 Å². The van der Waals surface area contributed by atoms with Crippen LogP contribution in [0.3, 0.4) is 0 Å². The first kappa shape index (κ1) is 22.2. The smallest absolute Gasteiger partial charge is 0.407 e. The van der Waals surface area contributed by atoms with E-state index in [2.05, 4.69) is 15.4 Å². The minimum atomic E-state index is -0.536. The van der Waals surface area contributed by atoms with Crippen LogP contribution in [0.4, 0.5) is 4.79 Å². The summed E-state index contributed by atoms with van der Waals surface area (Å²) in [6.45, 7) is 7.88. The van der Waals surface area contributed by atoms with Gasteiger partial charge in [-0.3, -0.25) is 4.79 Å². The van der Waals surface area contributed by atoms with E-state index in [1.807, 2.05) is 76.4 Å². The van der Waals surface area contributed by atoms with Gasteiger partial charge in [0.25, 0.3) is 0 Å². The zero-order valence-corrected chi connectivity index (χ0v) is 19.1. The number of benzene rings is 2. The Balaban J connectivity index is 1.61. The Morgan fingerprint density at radius 3 is 2.64 bits per heavy atom. The maximum atomic E-state index is 12.0. The van der Waals surface area contributed by atoms with Crippen molar-refractivity contribution in [2.24, 2.45) is 0 Å². The molecule has 0 aliphatic carbocycles. The molecule has 2 aromatic heterocycles. The van der Waals surface area contributed by atoms with E-state index >= 15 is 0 Å². The van der Waals surface area contributed by atoms with Gasteiger partial charge in [0.1, 0.15) is 18.2 Å². The van der Waals surface area contributed by atoms with Crippen LogP contribution in [-0.4, -0.2) is 32.6 Å². The number of nitrogens with one attached hydrogen (secondary N) is 1. The van der Waals surface area contributed by atoms with E-state index in [0.29, 0.717) is 12.1 Å². The second-order valence-electron chi connectivity index (χ2n) is 8.91. The third kappa shape index (κ3) is 5.09. The number of ether oxygens (including phenoxy) is 1. The molecule has 1 N–H and O–H groups in total. The third-order valence-corrected chi connectivity index (χ3v) is 5.20. The van der Waals surface area contributed by atoms with Crippen molar-refractivity contribution in [2.45, 2.75) is 39.8 Å². The summed E-state index contributed by atoms with van der Waals surface area (Å²) >= 11 is 0. The molecule has 0 aliphatic heterocycles. The van der Waals surface area contributed by atoms with E-state index in [-0.39, 0.29) is 0 Å². The Morgan fingerprint density at radius 1 is 1.09 bits per heavy atom. The predicted molar refractivity (Wildman–Crippen MR) is 127 cm³/mol. The molecule has 0 atom stereocenters. The summed E-state index contributed by atoms with van der Waals surface area (Å²) in [6.07, 6.45) is 3.85. The number of aldehydes is 1. The second-order valence-corrected chi connectivity index (χ2v) is 8.91. The number of aromatic nitrogens is 3. The summed E-state index contributed by atoms with van der Waals surface area (Å²) in [6, 6.07) is 15.5. The first-order valence-corrected chi connectivity index (χ1v) is 10.7. The van der Waals surface area contributed by atoms with Crippen molar-refractivity contribution in [3.63, 3.8) is 0 Å². The number of amides is 1. The van der Waals surface area contributed by atoms with Gasteiger partial charge in [0.15, 0.2) is 0 Å². The van der Waals surface area contributed by atoms with Gasteiger partial charge in [-0.25, -0.2) is 14.3 Å². The first-order valence-electron chi connectivity index (χ1n) is 10.7. The Kier molecular flexibility index (Phi) is 5.96. The first-order chi connectivity index (χ1) is 15.7. The molecule has 4 aromatic rings. The van der Waals surface area contributed by atoms with E-state index in [1.165, 1.54) is 6.33 Å².